The molecule has 10 aromatic carbocycles. The molecule has 8 aliphatic rings. The van der Waals surface area contributed by atoms with Crippen LogP contribution in [0.15, 0.2) is 249 Å². The Bertz CT molecular complexity index is 3220. The fourth-order valence-electron chi connectivity index (χ4n) is 14.2. The summed E-state index contributed by atoms with van der Waals surface area (Å²) in [5, 5.41) is 7.87. The molecular formula is C89H106. The van der Waals surface area contributed by atoms with E-state index in [0.29, 0.717) is 0 Å². The number of aryl methyl sites for hydroxylation is 2. The maximum atomic E-state index is 2.26. The first-order valence-corrected chi connectivity index (χ1v) is 35.5. The van der Waals surface area contributed by atoms with Crippen LogP contribution < -0.4 is 0 Å². The number of hydrogen-bond acceptors (Lipinski definition) is 0. The van der Waals surface area contributed by atoms with Gasteiger partial charge in [0.05, 0.1) is 0 Å². The van der Waals surface area contributed by atoms with Gasteiger partial charge < -0.3 is 0 Å². The van der Waals surface area contributed by atoms with Crippen molar-refractivity contribution >= 4 is 38.4 Å². The molecule has 89 heavy (non-hydrogen) atoms. The lowest BCUT2D eigenvalue weighted by Gasteiger charge is -2.24. The summed E-state index contributed by atoms with van der Waals surface area (Å²) in [6.45, 7) is 0. The molecule has 0 N–H and O–H groups in total. The second-order valence-electron chi connectivity index (χ2n) is 25.9. The Hall–Kier alpha value is -7.28. The van der Waals surface area contributed by atoms with Gasteiger partial charge >= 0.3 is 0 Å². The molecule has 2 unspecified atom stereocenters. The Morgan fingerprint density at radius 3 is 0.843 bits per heavy atom. The first-order valence-electron chi connectivity index (χ1n) is 35.5. The van der Waals surface area contributed by atoms with Crippen molar-refractivity contribution in [2.24, 2.45) is 11.8 Å². The van der Waals surface area contributed by atoms with E-state index in [-0.39, 0.29) is 0 Å². The summed E-state index contributed by atoms with van der Waals surface area (Å²) in [5.74, 6) is 2.33. The first-order chi connectivity index (χ1) is 44.2. The van der Waals surface area contributed by atoms with Crippen molar-refractivity contribution < 1.29 is 0 Å². The van der Waals surface area contributed by atoms with Gasteiger partial charge in [-0.2, -0.15) is 0 Å². The standard InChI is InChI=1S/C14H10.C13H10.C10H12.C10H8.C9H16.C9H8.C7H14.C6H12.C6H6.C5H10/c1-2-6-12-10-14-8-4-3-7-13(14)9-11(12)5-1;1-3-7-12-10(5-1)9-11-6-2-4-8-13(11)12;2*1-2-6-10-8-4-3-7-9(10)5-1;2*1-2-5-9-7-3-6-8(9)4-1;1-2-4-6-7-5-3-1;2*1-2-4-6-5-3-1;1-2-4-5-3-1/h1-10H;1-8H,9H2;1-2,5-6H,3-4,7-8H2;1-8H;8-9H,1-7H2;1-6H,7H2;1-7H2;1-6H2;1-6H;1-5H2. The molecule has 18 rings (SSSR count). The van der Waals surface area contributed by atoms with Gasteiger partial charge in [-0.25, -0.2) is 0 Å². The van der Waals surface area contributed by atoms with E-state index in [0.717, 1.165) is 12.8 Å². The van der Waals surface area contributed by atoms with Crippen LogP contribution in [0, 0.1) is 11.8 Å². The number of benzene rings is 10. The SMILES string of the molecule is C1=Cc2ccccc2C1.C1CCC2CCCC2C1.C1CCCC1.C1CCCCC1.C1CCCCCC1.c1ccc2c(c1)CCCC2.c1ccc2c(c1)Cc1ccccc1-2.c1ccc2cc3ccccc3cc2c1.c1ccc2ccccc2c1.c1ccccc1. The highest BCUT2D eigenvalue weighted by molar-refractivity contribution is 5.98. The molecule has 5 fully saturated rings. The number of hydrogen-bond donors (Lipinski definition) is 0. The van der Waals surface area contributed by atoms with E-state index in [1.54, 1.807) is 36.8 Å². The third-order valence-corrected chi connectivity index (χ3v) is 19.3. The summed E-state index contributed by atoms with van der Waals surface area (Å²) >= 11 is 0. The molecule has 0 saturated heterocycles. The van der Waals surface area contributed by atoms with Crippen LogP contribution in [0.1, 0.15) is 207 Å². The van der Waals surface area contributed by atoms with Gasteiger partial charge in [0.2, 0.25) is 0 Å². The summed E-state index contributed by atoms with van der Waals surface area (Å²) in [5.41, 5.74) is 11.8. The lowest BCUT2D eigenvalue weighted by atomic mass is 9.82. The van der Waals surface area contributed by atoms with Crippen LogP contribution >= 0.6 is 0 Å². The molecule has 0 nitrogen and oxygen atoms in total. The highest BCUT2D eigenvalue weighted by Crippen LogP contribution is 2.42. The molecule has 0 aromatic heterocycles. The van der Waals surface area contributed by atoms with Gasteiger partial charge in [0.15, 0.2) is 0 Å². The lowest BCUT2D eigenvalue weighted by molar-refractivity contribution is 0.277. The lowest BCUT2D eigenvalue weighted by Crippen LogP contribution is -2.12. The van der Waals surface area contributed by atoms with E-state index in [9.17, 15) is 0 Å². The quantitative estimate of drug-likeness (QED) is 0.105. The zero-order valence-electron chi connectivity index (χ0n) is 54.3. The maximum Gasteiger partial charge on any atom is -0.00135 e. The van der Waals surface area contributed by atoms with Crippen LogP contribution in [-0.2, 0) is 25.7 Å². The van der Waals surface area contributed by atoms with Crippen LogP contribution in [0.25, 0.3) is 49.5 Å². The number of allylic oxidation sites excluding steroid dienone is 1. The van der Waals surface area contributed by atoms with Crippen LogP contribution in [0.3, 0.4) is 0 Å². The number of rotatable bonds is 0. The third kappa shape index (κ3) is 23.2. The van der Waals surface area contributed by atoms with Gasteiger partial charge in [0, 0.05) is 0 Å². The molecule has 10 aromatic rings. The Labute approximate surface area is 539 Å². The third-order valence-electron chi connectivity index (χ3n) is 19.3. The minimum atomic E-state index is 1.10. The highest BCUT2D eigenvalue weighted by atomic mass is 14.3. The van der Waals surface area contributed by atoms with Crippen LogP contribution in [0.2, 0.25) is 0 Å². The second-order valence-corrected chi connectivity index (χ2v) is 25.9. The molecule has 5 saturated carbocycles. The monoisotopic (exact) mass is 1170 g/mol. The normalized spacial score (nSPS) is 17.6. The molecule has 0 aliphatic heterocycles. The molecule has 8 aliphatic carbocycles. The minimum Gasteiger partial charge on any atom is -0.0795 e. The molecule has 462 valence electrons. The predicted molar refractivity (Wildman–Crippen MR) is 391 cm³/mol. The highest BCUT2D eigenvalue weighted by Gasteiger charge is 2.29. The van der Waals surface area contributed by atoms with E-state index in [1.165, 1.54) is 238 Å². The first kappa shape index (κ1) is 66.1. The Morgan fingerprint density at radius 1 is 0.213 bits per heavy atom. The zero-order chi connectivity index (χ0) is 60.9. The number of fused-ring (bicyclic) bond motifs is 9. The predicted octanol–water partition coefficient (Wildman–Crippen LogP) is 26.6. The van der Waals surface area contributed by atoms with Gasteiger partial charge in [-0.3, -0.25) is 0 Å². The molecule has 0 heteroatoms. The van der Waals surface area contributed by atoms with Crippen molar-refractivity contribution in [2.75, 3.05) is 0 Å². The fourth-order valence-corrected chi connectivity index (χ4v) is 14.2. The van der Waals surface area contributed by atoms with Crippen LogP contribution in [-0.4, -0.2) is 0 Å². The molecule has 0 bridgehead atoms. The van der Waals surface area contributed by atoms with Crippen molar-refractivity contribution in [1.82, 2.24) is 0 Å². The van der Waals surface area contributed by atoms with E-state index < -0.39 is 0 Å². The summed E-state index contributed by atoms with van der Waals surface area (Å²) in [6, 6.07) is 84.7. The van der Waals surface area contributed by atoms with Gasteiger partial charge in [0.25, 0.3) is 0 Å². The molecule has 0 amide bonds. The molecular weight excluding hydrogens is 1070 g/mol. The fraction of sp³-hybridized carbons (Fsp3) is 0.371. The summed E-state index contributed by atoms with van der Waals surface area (Å²) in [6.07, 6.45) is 49.8. The summed E-state index contributed by atoms with van der Waals surface area (Å²) in [4.78, 5) is 0. The second kappa shape index (κ2) is 39.7. The minimum absolute atomic E-state index is 1.10. The zero-order valence-corrected chi connectivity index (χ0v) is 54.3. The average molecular weight is 1180 g/mol. The Kier molecular flexibility index (Phi) is 29.5. The summed E-state index contributed by atoms with van der Waals surface area (Å²) < 4.78 is 0. The molecule has 0 spiro atoms. The average Bonchev–Trinajstić information content (AvgIpc) is 2.79. The summed E-state index contributed by atoms with van der Waals surface area (Å²) in [7, 11) is 0. The largest absolute Gasteiger partial charge is 0.0795 e. The van der Waals surface area contributed by atoms with Gasteiger partial charge in [-0.05, 0) is 139 Å². The maximum absolute atomic E-state index is 2.26. The smallest absolute Gasteiger partial charge is 0.00135 e. The Balaban J connectivity index is 0.000000119. The van der Waals surface area contributed by atoms with Crippen molar-refractivity contribution in [1.29, 1.82) is 0 Å². The van der Waals surface area contributed by atoms with Crippen molar-refractivity contribution in [3.8, 4) is 11.1 Å². The van der Waals surface area contributed by atoms with Crippen molar-refractivity contribution in [3.63, 3.8) is 0 Å². The topological polar surface area (TPSA) is 0 Å². The molecule has 0 heterocycles. The van der Waals surface area contributed by atoms with E-state index in [2.05, 4.69) is 218 Å². The van der Waals surface area contributed by atoms with Crippen LogP contribution in [0.5, 0.6) is 0 Å². The van der Waals surface area contributed by atoms with Crippen LogP contribution in [0.4, 0.5) is 0 Å². The van der Waals surface area contributed by atoms with E-state index in [4.69, 9.17) is 0 Å². The van der Waals surface area contributed by atoms with Gasteiger partial charge in [-0.1, -0.05) is 403 Å². The van der Waals surface area contributed by atoms with E-state index >= 15 is 0 Å². The Morgan fingerprint density at radius 2 is 0.494 bits per heavy atom. The van der Waals surface area contributed by atoms with Gasteiger partial charge in [0.1, 0.15) is 0 Å². The van der Waals surface area contributed by atoms with Crippen molar-refractivity contribution in [3.05, 3.63) is 282 Å². The van der Waals surface area contributed by atoms with Crippen molar-refractivity contribution in [2.45, 2.75) is 199 Å². The molecule has 0 radical (unpaired) electrons. The van der Waals surface area contributed by atoms with Gasteiger partial charge in [-0.15, -0.1) is 0 Å². The van der Waals surface area contributed by atoms with E-state index in [1.807, 2.05) is 36.4 Å². The molecule has 2 atom stereocenters.